The van der Waals surface area contributed by atoms with Crippen molar-refractivity contribution in [2.45, 2.75) is 78.2 Å². The van der Waals surface area contributed by atoms with Crippen LogP contribution in [0.15, 0.2) is 30.4 Å². The second-order valence-electron chi connectivity index (χ2n) is 11.4. The van der Waals surface area contributed by atoms with E-state index in [1.54, 1.807) is 4.90 Å². The Morgan fingerprint density at radius 1 is 1.26 bits per heavy atom. The zero-order valence-electron chi connectivity index (χ0n) is 21.2. The maximum atomic E-state index is 13.6. The molecule has 2 amide bonds. The van der Waals surface area contributed by atoms with Crippen LogP contribution in [0.4, 0.5) is 5.69 Å². The van der Waals surface area contributed by atoms with E-state index in [0.29, 0.717) is 13.0 Å². The standard InChI is InChI=1S/C27H36N2O5/c1-15(2)12-20(23(30)28-26(5,6)7)33-25(32)21-19-10-11-27(34-19)14-29(24(31)22(21)27)18-9-8-16(3)13-17(18)4/h8-11,13,15,19-22H,12,14H2,1-7H3,(H,28,30)/t19-,20-,21-,22+,27-/m0/s1. The number of aryl methyl sites for hydroxylation is 2. The summed E-state index contributed by atoms with van der Waals surface area (Å²) in [5.74, 6) is -2.30. The third-order valence-corrected chi connectivity index (χ3v) is 6.75. The first kappa shape index (κ1) is 24.5. The molecule has 4 rings (SSSR count). The van der Waals surface area contributed by atoms with Gasteiger partial charge in [0.15, 0.2) is 6.10 Å². The molecule has 184 valence electrons. The second-order valence-corrected chi connectivity index (χ2v) is 11.4. The van der Waals surface area contributed by atoms with Gasteiger partial charge in [-0.3, -0.25) is 14.4 Å². The third kappa shape index (κ3) is 4.38. The highest BCUT2D eigenvalue weighted by Crippen LogP contribution is 2.53. The van der Waals surface area contributed by atoms with Gasteiger partial charge >= 0.3 is 5.97 Å². The molecule has 1 aromatic rings. The summed E-state index contributed by atoms with van der Waals surface area (Å²) in [4.78, 5) is 41.7. The molecule has 0 unspecified atom stereocenters. The molecule has 0 aliphatic carbocycles. The third-order valence-electron chi connectivity index (χ3n) is 6.75. The van der Waals surface area contributed by atoms with Crippen molar-refractivity contribution in [3.8, 4) is 0 Å². The lowest BCUT2D eigenvalue weighted by molar-refractivity contribution is -0.163. The zero-order valence-corrected chi connectivity index (χ0v) is 21.2. The van der Waals surface area contributed by atoms with Gasteiger partial charge < -0.3 is 19.7 Å². The smallest absolute Gasteiger partial charge is 0.313 e. The van der Waals surface area contributed by atoms with Gasteiger partial charge in [0.1, 0.15) is 11.5 Å². The van der Waals surface area contributed by atoms with Gasteiger partial charge in [-0.2, -0.15) is 0 Å². The number of carbonyl (C=O) groups is 3. The van der Waals surface area contributed by atoms with Crippen molar-refractivity contribution in [2.24, 2.45) is 17.8 Å². The second kappa shape index (κ2) is 8.52. The number of fused-ring (bicyclic) bond motifs is 1. The predicted octanol–water partition coefficient (Wildman–Crippen LogP) is 3.46. The van der Waals surface area contributed by atoms with Gasteiger partial charge in [0.2, 0.25) is 5.91 Å². The Labute approximate surface area is 201 Å². The molecule has 0 aromatic heterocycles. The van der Waals surface area contributed by atoms with E-state index in [0.717, 1.165) is 16.8 Å². The molecule has 5 atom stereocenters. The van der Waals surface area contributed by atoms with Crippen LogP contribution in [0, 0.1) is 31.6 Å². The minimum Gasteiger partial charge on any atom is -0.452 e. The number of benzene rings is 1. The summed E-state index contributed by atoms with van der Waals surface area (Å²) in [5, 5.41) is 2.91. The van der Waals surface area contributed by atoms with Gasteiger partial charge in [0, 0.05) is 11.2 Å². The first-order valence-corrected chi connectivity index (χ1v) is 12.1. The predicted molar refractivity (Wildman–Crippen MR) is 129 cm³/mol. The first-order valence-electron chi connectivity index (χ1n) is 12.1. The molecule has 2 saturated heterocycles. The number of nitrogens with zero attached hydrogens (tertiary/aromatic N) is 1. The molecule has 1 N–H and O–H groups in total. The molecule has 1 spiro atoms. The normalized spacial score (nSPS) is 28.4. The molecule has 2 bridgehead atoms. The Bertz CT molecular complexity index is 1040. The van der Waals surface area contributed by atoms with Crippen molar-refractivity contribution in [3.05, 3.63) is 41.5 Å². The quantitative estimate of drug-likeness (QED) is 0.511. The minimum absolute atomic E-state index is 0.139. The van der Waals surface area contributed by atoms with Crippen LogP contribution < -0.4 is 10.2 Å². The maximum absolute atomic E-state index is 13.6. The van der Waals surface area contributed by atoms with Gasteiger partial charge in [-0.25, -0.2) is 0 Å². The number of carbonyl (C=O) groups excluding carboxylic acids is 3. The number of esters is 1. The molecule has 3 aliphatic rings. The lowest BCUT2D eigenvalue weighted by Crippen LogP contribution is -2.49. The Balaban J connectivity index is 1.58. The summed E-state index contributed by atoms with van der Waals surface area (Å²) in [6.45, 7) is 14.0. The fourth-order valence-electron chi connectivity index (χ4n) is 5.39. The Kier molecular flexibility index (Phi) is 6.13. The summed E-state index contributed by atoms with van der Waals surface area (Å²) in [6, 6.07) is 5.96. The van der Waals surface area contributed by atoms with Gasteiger partial charge in [-0.1, -0.05) is 43.7 Å². The van der Waals surface area contributed by atoms with Crippen LogP contribution in [-0.4, -0.2) is 47.7 Å². The van der Waals surface area contributed by atoms with Crippen molar-refractivity contribution in [1.29, 1.82) is 0 Å². The Hall–Kier alpha value is -2.67. The van der Waals surface area contributed by atoms with Crippen LogP contribution in [0.2, 0.25) is 0 Å². The molecular formula is C27H36N2O5. The minimum atomic E-state index is -0.919. The van der Waals surface area contributed by atoms with E-state index in [9.17, 15) is 14.4 Å². The zero-order chi connectivity index (χ0) is 25.0. The number of anilines is 1. The van der Waals surface area contributed by atoms with E-state index in [4.69, 9.17) is 9.47 Å². The SMILES string of the molecule is Cc1ccc(N2C[C@]34C=C[C@H](O3)[C@H](C(=O)O[C@@H](CC(C)C)C(=O)NC(C)(C)C)[C@@H]4C2=O)c(C)c1. The highest BCUT2D eigenvalue weighted by Gasteiger charge is 2.67. The van der Waals surface area contributed by atoms with E-state index in [-0.39, 0.29) is 17.7 Å². The maximum Gasteiger partial charge on any atom is 0.313 e. The van der Waals surface area contributed by atoms with Crippen LogP contribution in [-0.2, 0) is 23.9 Å². The molecule has 0 saturated carbocycles. The van der Waals surface area contributed by atoms with Crippen molar-refractivity contribution in [3.63, 3.8) is 0 Å². The van der Waals surface area contributed by atoms with Gasteiger partial charge in [-0.05, 0) is 58.6 Å². The van der Waals surface area contributed by atoms with E-state index in [2.05, 4.69) is 5.32 Å². The highest BCUT2D eigenvalue weighted by molar-refractivity contribution is 6.03. The molecule has 3 aliphatic heterocycles. The summed E-state index contributed by atoms with van der Waals surface area (Å²) < 4.78 is 12.0. The molecular weight excluding hydrogens is 432 g/mol. The Morgan fingerprint density at radius 2 is 1.97 bits per heavy atom. The van der Waals surface area contributed by atoms with Crippen molar-refractivity contribution < 1.29 is 23.9 Å². The van der Waals surface area contributed by atoms with Crippen LogP contribution in [0.5, 0.6) is 0 Å². The molecule has 0 radical (unpaired) electrons. The first-order chi connectivity index (χ1) is 15.8. The van der Waals surface area contributed by atoms with Crippen LogP contribution in [0.3, 0.4) is 0 Å². The monoisotopic (exact) mass is 468 g/mol. The van der Waals surface area contributed by atoms with Crippen molar-refractivity contribution in [1.82, 2.24) is 5.32 Å². The van der Waals surface area contributed by atoms with Gasteiger partial charge in [0.25, 0.3) is 5.91 Å². The molecule has 1 aromatic carbocycles. The summed E-state index contributed by atoms with van der Waals surface area (Å²) >= 11 is 0. The lowest BCUT2D eigenvalue weighted by atomic mass is 9.77. The number of amides is 2. The van der Waals surface area contributed by atoms with Gasteiger partial charge in [0.05, 0.1) is 18.6 Å². The summed E-state index contributed by atoms with van der Waals surface area (Å²) in [5.41, 5.74) is 1.65. The van der Waals surface area contributed by atoms with E-state index in [1.807, 2.05) is 78.8 Å². The van der Waals surface area contributed by atoms with E-state index in [1.165, 1.54) is 0 Å². The van der Waals surface area contributed by atoms with Crippen LogP contribution >= 0.6 is 0 Å². The fraction of sp³-hybridized carbons (Fsp3) is 0.593. The number of nitrogens with one attached hydrogen (secondary N) is 1. The van der Waals surface area contributed by atoms with Crippen LogP contribution in [0.25, 0.3) is 0 Å². The molecule has 3 heterocycles. The fourth-order valence-corrected chi connectivity index (χ4v) is 5.39. The summed E-state index contributed by atoms with van der Waals surface area (Å²) in [6.07, 6.45) is 2.74. The number of hydrogen-bond acceptors (Lipinski definition) is 5. The largest absolute Gasteiger partial charge is 0.452 e. The highest BCUT2D eigenvalue weighted by atomic mass is 16.6. The van der Waals surface area contributed by atoms with E-state index >= 15 is 0 Å². The summed E-state index contributed by atoms with van der Waals surface area (Å²) in [7, 11) is 0. The number of rotatable bonds is 6. The Morgan fingerprint density at radius 3 is 2.59 bits per heavy atom. The van der Waals surface area contributed by atoms with E-state index < -0.39 is 41.2 Å². The average Bonchev–Trinajstić information content (AvgIpc) is 3.34. The molecule has 34 heavy (non-hydrogen) atoms. The average molecular weight is 469 g/mol. The number of ether oxygens (including phenoxy) is 2. The topological polar surface area (TPSA) is 84.9 Å². The lowest BCUT2D eigenvalue weighted by Gasteiger charge is -2.28. The van der Waals surface area contributed by atoms with Crippen molar-refractivity contribution in [2.75, 3.05) is 11.4 Å². The number of hydrogen-bond donors (Lipinski definition) is 1. The molecule has 2 fully saturated rings. The van der Waals surface area contributed by atoms with Crippen molar-refractivity contribution >= 4 is 23.5 Å². The molecule has 7 nitrogen and oxygen atoms in total. The van der Waals surface area contributed by atoms with Gasteiger partial charge in [-0.15, -0.1) is 0 Å². The van der Waals surface area contributed by atoms with Crippen LogP contribution in [0.1, 0.15) is 52.2 Å². The molecule has 7 heteroatoms.